The summed E-state index contributed by atoms with van der Waals surface area (Å²) in [4.78, 5) is 4.18. The minimum atomic E-state index is -4.16. The second-order valence-corrected chi connectivity index (χ2v) is 4.76. The zero-order chi connectivity index (χ0) is 13.0. The van der Waals surface area contributed by atoms with Crippen molar-refractivity contribution in [2.24, 2.45) is 0 Å². The normalized spacial score (nSPS) is 11.7. The lowest BCUT2D eigenvalue weighted by molar-refractivity contribution is -0.0327. The number of pyridine rings is 1. The van der Waals surface area contributed by atoms with E-state index in [4.69, 9.17) is 0 Å². The van der Waals surface area contributed by atoms with Gasteiger partial charge in [-0.05, 0) is 23.9 Å². The van der Waals surface area contributed by atoms with Crippen molar-refractivity contribution in [2.75, 3.05) is 17.6 Å². The number of hydrogen-bond acceptors (Lipinski definition) is 3. The first-order valence-electron chi connectivity index (χ1n) is 5.34. The fraction of sp³-hybridized carbons (Fsp3) is 0.250. The van der Waals surface area contributed by atoms with Gasteiger partial charge in [0.25, 0.3) is 0 Å². The van der Waals surface area contributed by atoms with E-state index in [1.807, 2.05) is 24.3 Å². The molecule has 2 nitrogen and oxygen atoms in total. The van der Waals surface area contributed by atoms with Gasteiger partial charge < -0.3 is 5.32 Å². The highest BCUT2D eigenvalue weighted by Crippen LogP contribution is 2.30. The molecular formula is C12H11F3N2S. The Morgan fingerprint density at radius 3 is 2.72 bits per heavy atom. The molecule has 0 fully saturated rings. The van der Waals surface area contributed by atoms with Crippen molar-refractivity contribution >= 4 is 28.4 Å². The van der Waals surface area contributed by atoms with E-state index in [0.717, 1.165) is 16.6 Å². The SMILES string of the molecule is FC(F)(F)SCCNc1ccnc2ccccc12. The molecule has 96 valence electrons. The van der Waals surface area contributed by atoms with Crippen LogP contribution in [0.25, 0.3) is 10.9 Å². The lowest BCUT2D eigenvalue weighted by atomic mass is 10.2. The van der Waals surface area contributed by atoms with Gasteiger partial charge in [-0.15, -0.1) is 0 Å². The van der Waals surface area contributed by atoms with Gasteiger partial charge in [-0.3, -0.25) is 4.98 Å². The van der Waals surface area contributed by atoms with Gasteiger partial charge in [0.2, 0.25) is 0 Å². The first kappa shape index (κ1) is 13.0. The summed E-state index contributed by atoms with van der Waals surface area (Å²) in [6.45, 7) is 0.262. The van der Waals surface area contributed by atoms with Gasteiger partial charge in [0.1, 0.15) is 0 Å². The Morgan fingerprint density at radius 1 is 1.17 bits per heavy atom. The number of benzene rings is 1. The van der Waals surface area contributed by atoms with Crippen LogP contribution in [0.1, 0.15) is 0 Å². The number of anilines is 1. The van der Waals surface area contributed by atoms with Crippen molar-refractivity contribution in [3.8, 4) is 0 Å². The monoisotopic (exact) mass is 272 g/mol. The van der Waals surface area contributed by atoms with E-state index in [0.29, 0.717) is 0 Å². The zero-order valence-electron chi connectivity index (χ0n) is 9.37. The van der Waals surface area contributed by atoms with Gasteiger partial charge in [0.15, 0.2) is 0 Å². The first-order valence-corrected chi connectivity index (χ1v) is 6.33. The van der Waals surface area contributed by atoms with E-state index in [1.165, 1.54) is 0 Å². The average molecular weight is 272 g/mol. The van der Waals surface area contributed by atoms with Gasteiger partial charge in [-0.25, -0.2) is 0 Å². The molecule has 0 aliphatic heterocycles. The third-order valence-electron chi connectivity index (χ3n) is 2.33. The smallest absolute Gasteiger partial charge is 0.384 e. The molecule has 0 radical (unpaired) electrons. The van der Waals surface area contributed by atoms with Gasteiger partial charge in [-0.2, -0.15) is 13.2 Å². The van der Waals surface area contributed by atoms with Gasteiger partial charge in [-0.1, -0.05) is 18.2 Å². The molecule has 2 aromatic rings. The Bertz CT molecular complexity index is 523. The standard InChI is InChI=1S/C12H11F3N2S/c13-12(14,15)18-8-7-17-11-5-6-16-10-4-2-1-3-9(10)11/h1-6H,7-8H2,(H,16,17). The molecular weight excluding hydrogens is 261 g/mol. The molecule has 2 rings (SSSR count). The fourth-order valence-corrected chi connectivity index (χ4v) is 2.04. The highest BCUT2D eigenvalue weighted by Gasteiger charge is 2.27. The Morgan fingerprint density at radius 2 is 1.94 bits per heavy atom. The van der Waals surface area contributed by atoms with Crippen molar-refractivity contribution < 1.29 is 13.2 Å². The van der Waals surface area contributed by atoms with Crippen LogP contribution in [-0.4, -0.2) is 22.8 Å². The molecule has 0 saturated carbocycles. The zero-order valence-corrected chi connectivity index (χ0v) is 10.2. The van der Waals surface area contributed by atoms with E-state index in [-0.39, 0.29) is 24.1 Å². The number of aromatic nitrogens is 1. The van der Waals surface area contributed by atoms with Crippen molar-refractivity contribution in [2.45, 2.75) is 5.51 Å². The fourth-order valence-electron chi connectivity index (χ4n) is 1.60. The Kier molecular flexibility index (Phi) is 3.96. The Hall–Kier alpha value is -1.43. The summed E-state index contributed by atoms with van der Waals surface area (Å²) in [5.41, 5.74) is -2.53. The molecule has 0 unspecified atom stereocenters. The number of hydrogen-bond donors (Lipinski definition) is 1. The van der Waals surface area contributed by atoms with Gasteiger partial charge in [0.05, 0.1) is 5.52 Å². The van der Waals surface area contributed by atoms with Crippen LogP contribution < -0.4 is 5.32 Å². The lowest BCUT2D eigenvalue weighted by Gasteiger charge is -2.10. The summed E-state index contributed by atoms with van der Waals surface area (Å²) in [7, 11) is 0. The van der Waals surface area contributed by atoms with E-state index in [1.54, 1.807) is 12.3 Å². The van der Waals surface area contributed by atoms with Crippen molar-refractivity contribution in [1.29, 1.82) is 0 Å². The maximum absolute atomic E-state index is 12.0. The number of nitrogens with zero attached hydrogens (tertiary/aromatic N) is 1. The van der Waals surface area contributed by atoms with Crippen LogP contribution >= 0.6 is 11.8 Å². The summed E-state index contributed by atoms with van der Waals surface area (Å²) in [6.07, 6.45) is 1.64. The van der Waals surface area contributed by atoms with E-state index < -0.39 is 5.51 Å². The second-order valence-electron chi connectivity index (χ2n) is 3.60. The predicted molar refractivity (Wildman–Crippen MR) is 68.7 cm³/mol. The molecule has 0 saturated heterocycles. The molecule has 1 heterocycles. The number of nitrogens with one attached hydrogen (secondary N) is 1. The minimum Gasteiger partial charge on any atom is -0.384 e. The third kappa shape index (κ3) is 3.53. The summed E-state index contributed by atoms with van der Waals surface area (Å²) < 4.78 is 35.9. The summed E-state index contributed by atoms with van der Waals surface area (Å²) in [5, 5.41) is 3.91. The number of halogens is 3. The van der Waals surface area contributed by atoms with Crippen LogP contribution in [0.4, 0.5) is 18.9 Å². The van der Waals surface area contributed by atoms with Crippen LogP contribution in [0.5, 0.6) is 0 Å². The van der Waals surface area contributed by atoms with Gasteiger partial charge in [0, 0.05) is 29.6 Å². The molecule has 1 aromatic heterocycles. The average Bonchev–Trinajstić information content (AvgIpc) is 2.33. The first-order chi connectivity index (χ1) is 8.56. The van der Waals surface area contributed by atoms with Crippen LogP contribution in [0.2, 0.25) is 0 Å². The molecule has 0 bridgehead atoms. The van der Waals surface area contributed by atoms with Crippen LogP contribution in [0.15, 0.2) is 36.5 Å². The number of rotatable bonds is 4. The van der Waals surface area contributed by atoms with E-state index in [9.17, 15) is 13.2 Å². The highest BCUT2D eigenvalue weighted by molar-refractivity contribution is 8.00. The molecule has 1 N–H and O–H groups in total. The van der Waals surface area contributed by atoms with E-state index in [2.05, 4.69) is 10.3 Å². The Balaban J connectivity index is 2.00. The summed E-state index contributed by atoms with van der Waals surface area (Å²) in [6, 6.07) is 9.27. The number of fused-ring (bicyclic) bond motifs is 1. The van der Waals surface area contributed by atoms with E-state index >= 15 is 0 Å². The molecule has 6 heteroatoms. The molecule has 0 aliphatic carbocycles. The van der Waals surface area contributed by atoms with Crippen LogP contribution in [0, 0.1) is 0 Å². The van der Waals surface area contributed by atoms with Crippen LogP contribution in [0.3, 0.4) is 0 Å². The lowest BCUT2D eigenvalue weighted by Crippen LogP contribution is -2.09. The number of para-hydroxylation sites is 1. The van der Waals surface area contributed by atoms with Crippen molar-refractivity contribution in [1.82, 2.24) is 4.98 Å². The third-order valence-corrected chi connectivity index (χ3v) is 3.07. The highest BCUT2D eigenvalue weighted by atomic mass is 32.2. The largest absolute Gasteiger partial charge is 0.441 e. The maximum Gasteiger partial charge on any atom is 0.441 e. The topological polar surface area (TPSA) is 24.9 Å². The predicted octanol–water partition coefficient (Wildman–Crippen LogP) is 3.90. The van der Waals surface area contributed by atoms with Crippen molar-refractivity contribution in [3.63, 3.8) is 0 Å². The number of thioether (sulfide) groups is 1. The summed E-state index contributed by atoms with van der Waals surface area (Å²) in [5.74, 6) is -0.0137. The molecule has 18 heavy (non-hydrogen) atoms. The molecule has 1 aromatic carbocycles. The summed E-state index contributed by atoms with van der Waals surface area (Å²) >= 11 is -0.0199. The minimum absolute atomic E-state index is 0.0137. The number of alkyl halides is 3. The molecule has 0 aliphatic rings. The second kappa shape index (κ2) is 5.48. The maximum atomic E-state index is 12.0. The molecule has 0 amide bonds. The van der Waals surface area contributed by atoms with Crippen LogP contribution in [-0.2, 0) is 0 Å². The quantitative estimate of drug-likeness (QED) is 0.854. The van der Waals surface area contributed by atoms with Gasteiger partial charge >= 0.3 is 5.51 Å². The Labute approximate surface area is 107 Å². The molecule has 0 atom stereocenters. The molecule has 0 spiro atoms. The van der Waals surface area contributed by atoms with Crippen molar-refractivity contribution in [3.05, 3.63) is 36.5 Å².